The molecule has 1 aromatic rings. The standard InChI is InChI=1S/C11H12BrF/c1-2-9-10-4-3-8(13)5-7(10)6-11(9)12/h3-5,9,11H,2,6H2,1H3. The Hall–Kier alpha value is -0.370. The molecule has 0 saturated heterocycles. The normalized spacial score (nSPS) is 26.1. The third kappa shape index (κ3) is 1.52. The van der Waals surface area contributed by atoms with Gasteiger partial charge in [0.25, 0.3) is 0 Å². The second-order valence-electron chi connectivity index (χ2n) is 3.58. The van der Waals surface area contributed by atoms with Crippen LogP contribution in [0.4, 0.5) is 4.39 Å². The number of hydrogen-bond donors (Lipinski definition) is 0. The smallest absolute Gasteiger partial charge is 0.123 e. The van der Waals surface area contributed by atoms with Crippen LogP contribution in [-0.2, 0) is 6.42 Å². The van der Waals surface area contributed by atoms with Crippen molar-refractivity contribution in [3.8, 4) is 0 Å². The fourth-order valence-electron chi connectivity index (χ4n) is 2.14. The summed E-state index contributed by atoms with van der Waals surface area (Å²) >= 11 is 3.65. The van der Waals surface area contributed by atoms with Crippen molar-refractivity contribution in [2.24, 2.45) is 0 Å². The first-order valence-corrected chi connectivity index (χ1v) is 5.56. The van der Waals surface area contributed by atoms with Crippen LogP contribution in [0.5, 0.6) is 0 Å². The number of halogens is 2. The van der Waals surface area contributed by atoms with E-state index in [1.165, 1.54) is 11.1 Å². The minimum absolute atomic E-state index is 0.116. The molecule has 0 amide bonds. The quantitative estimate of drug-likeness (QED) is 0.660. The molecule has 1 aliphatic carbocycles. The van der Waals surface area contributed by atoms with Crippen LogP contribution in [-0.4, -0.2) is 4.83 Å². The van der Waals surface area contributed by atoms with Gasteiger partial charge in [0, 0.05) is 4.83 Å². The van der Waals surface area contributed by atoms with Crippen molar-refractivity contribution in [1.29, 1.82) is 0 Å². The lowest BCUT2D eigenvalue weighted by Crippen LogP contribution is -2.04. The predicted molar refractivity (Wildman–Crippen MR) is 55.9 cm³/mol. The fraction of sp³-hybridized carbons (Fsp3) is 0.455. The Kier molecular flexibility index (Phi) is 2.41. The van der Waals surface area contributed by atoms with E-state index in [1.54, 1.807) is 12.1 Å². The van der Waals surface area contributed by atoms with Crippen LogP contribution in [0.25, 0.3) is 0 Å². The summed E-state index contributed by atoms with van der Waals surface area (Å²) in [7, 11) is 0. The summed E-state index contributed by atoms with van der Waals surface area (Å²) in [6.45, 7) is 2.18. The average Bonchev–Trinajstić information content (AvgIpc) is 2.39. The number of fused-ring (bicyclic) bond motifs is 1. The Morgan fingerprint density at radius 2 is 2.31 bits per heavy atom. The van der Waals surface area contributed by atoms with Gasteiger partial charge >= 0.3 is 0 Å². The molecule has 0 nitrogen and oxygen atoms in total. The summed E-state index contributed by atoms with van der Waals surface area (Å²) in [5.74, 6) is 0.450. The van der Waals surface area contributed by atoms with Gasteiger partial charge < -0.3 is 0 Å². The minimum atomic E-state index is -0.116. The Morgan fingerprint density at radius 1 is 1.54 bits per heavy atom. The van der Waals surface area contributed by atoms with E-state index in [2.05, 4.69) is 22.9 Å². The zero-order valence-electron chi connectivity index (χ0n) is 7.56. The number of hydrogen-bond acceptors (Lipinski definition) is 0. The van der Waals surface area contributed by atoms with Gasteiger partial charge in [0.2, 0.25) is 0 Å². The lowest BCUT2D eigenvalue weighted by atomic mass is 9.99. The Bertz CT molecular complexity index is 322. The molecular formula is C11H12BrF. The largest absolute Gasteiger partial charge is 0.207 e. The molecule has 0 bridgehead atoms. The van der Waals surface area contributed by atoms with E-state index < -0.39 is 0 Å². The molecular weight excluding hydrogens is 231 g/mol. The fourth-order valence-corrected chi connectivity index (χ4v) is 3.14. The maximum Gasteiger partial charge on any atom is 0.123 e. The van der Waals surface area contributed by atoms with E-state index in [0.717, 1.165) is 12.8 Å². The van der Waals surface area contributed by atoms with Crippen molar-refractivity contribution in [3.63, 3.8) is 0 Å². The van der Waals surface area contributed by atoms with Crippen molar-refractivity contribution < 1.29 is 4.39 Å². The molecule has 1 aromatic carbocycles. The van der Waals surface area contributed by atoms with Crippen LogP contribution in [0.1, 0.15) is 30.4 Å². The molecule has 2 unspecified atom stereocenters. The zero-order chi connectivity index (χ0) is 9.42. The minimum Gasteiger partial charge on any atom is -0.207 e. The average molecular weight is 243 g/mol. The van der Waals surface area contributed by atoms with Crippen molar-refractivity contribution in [2.45, 2.75) is 30.5 Å². The lowest BCUT2D eigenvalue weighted by molar-refractivity contribution is 0.625. The molecule has 0 saturated carbocycles. The van der Waals surface area contributed by atoms with Gasteiger partial charge in [-0.1, -0.05) is 28.9 Å². The Labute approximate surface area is 86.3 Å². The highest BCUT2D eigenvalue weighted by Crippen LogP contribution is 2.39. The molecule has 0 radical (unpaired) electrons. The Balaban J connectivity index is 2.42. The molecule has 0 N–H and O–H groups in total. The molecule has 0 fully saturated rings. The molecule has 0 spiro atoms. The molecule has 13 heavy (non-hydrogen) atoms. The summed E-state index contributed by atoms with van der Waals surface area (Å²) in [6.07, 6.45) is 2.08. The van der Waals surface area contributed by atoms with E-state index in [-0.39, 0.29) is 5.82 Å². The molecule has 1 aliphatic rings. The number of rotatable bonds is 1. The molecule has 2 rings (SSSR count). The molecule has 2 heteroatoms. The summed E-state index contributed by atoms with van der Waals surface area (Å²) < 4.78 is 12.9. The molecule has 2 atom stereocenters. The second-order valence-corrected chi connectivity index (χ2v) is 4.75. The van der Waals surface area contributed by atoms with Crippen LogP contribution in [0.2, 0.25) is 0 Å². The van der Waals surface area contributed by atoms with Crippen LogP contribution < -0.4 is 0 Å². The SMILES string of the molecule is CCC1c2ccc(F)cc2CC1Br. The first-order chi connectivity index (χ1) is 6.22. The van der Waals surface area contributed by atoms with E-state index in [0.29, 0.717) is 10.7 Å². The summed E-state index contributed by atoms with van der Waals surface area (Å²) in [5, 5.41) is 0. The van der Waals surface area contributed by atoms with Crippen molar-refractivity contribution in [2.75, 3.05) is 0 Å². The van der Waals surface area contributed by atoms with Gasteiger partial charge in [0.1, 0.15) is 5.82 Å². The van der Waals surface area contributed by atoms with Gasteiger partial charge in [-0.15, -0.1) is 0 Å². The van der Waals surface area contributed by atoms with Gasteiger partial charge in [0.15, 0.2) is 0 Å². The third-order valence-electron chi connectivity index (χ3n) is 2.80. The van der Waals surface area contributed by atoms with Crippen LogP contribution in [0.15, 0.2) is 18.2 Å². The summed E-state index contributed by atoms with van der Waals surface area (Å²) in [6, 6.07) is 5.16. The van der Waals surface area contributed by atoms with Gasteiger partial charge in [-0.3, -0.25) is 0 Å². The Morgan fingerprint density at radius 3 is 3.00 bits per heavy atom. The number of benzene rings is 1. The predicted octanol–water partition coefficient (Wildman–Crippen LogP) is 3.64. The molecule has 0 heterocycles. The maximum absolute atomic E-state index is 12.9. The third-order valence-corrected chi connectivity index (χ3v) is 3.76. The van der Waals surface area contributed by atoms with Crippen molar-refractivity contribution >= 4 is 15.9 Å². The van der Waals surface area contributed by atoms with Crippen LogP contribution in [0.3, 0.4) is 0 Å². The van der Waals surface area contributed by atoms with Gasteiger partial charge in [-0.2, -0.15) is 0 Å². The highest BCUT2D eigenvalue weighted by molar-refractivity contribution is 9.09. The second kappa shape index (κ2) is 3.41. The zero-order valence-corrected chi connectivity index (χ0v) is 9.14. The monoisotopic (exact) mass is 242 g/mol. The van der Waals surface area contributed by atoms with E-state index in [1.807, 2.05) is 6.07 Å². The topological polar surface area (TPSA) is 0 Å². The summed E-state index contributed by atoms with van der Waals surface area (Å²) in [5.41, 5.74) is 2.50. The van der Waals surface area contributed by atoms with Crippen molar-refractivity contribution in [1.82, 2.24) is 0 Å². The molecule has 70 valence electrons. The van der Waals surface area contributed by atoms with Crippen LogP contribution in [0, 0.1) is 5.82 Å². The first-order valence-electron chi connectivity index (χ1n) is 4.64. The van der Waals surface area contributed by atoms with E-state index in [9.17, 15) is 4.39 Å². The molecule has 0 aliphatic heterocycles. The highest BCUT2D eigenvalue weighted by atomic mass is 79.9. The van der Waals surface area contributed by atoms with Crippen LogP contribution >= 0.6 is 15.9 Å². The first kappa shape index (κ1) is 9.20. The highest BCUT2D eigenvalue weighted by Gasteiger charge is 2.29. The lowest BCUT2D eigenvalue weighted by Gasteiger charge is -2.11. The number of alkyl halides is 1. The van der Waals surface area contributed by atoms with Gasteiger partial charge in [0.05, 0.1) is 0 Å². The van der Waals surface area contributed by atoms with Gasteiger partial charge in [-0.25, -0.2) is 4.39 Å². The maximum atomic E-state index is 12.9. The van der Waals surface area contributed by atoms with Crippen molar-refractivity contribution in [3.05, 3.63) is 35.1 Å². The van der Waals surface area contributed by atoms with Gasteiger partial charge in [-0.05, 0) is 42.0 Å². The van der Waals surface area contributed by atoms with E-state index >= 15 is 0 Å². The summed E-state index contributed by atoms with van der Waals surface area (Å²) in [4.78, 5) is 0.495. The van der Waals surface area contributed by atoms with E-state index in [4.69, 9.17) is 0 Å². The molecule has 0 aromatic heterocycles.